The molecule has 0 aliphatic heterocycles. The molecule has 17 heavy (non-hydrogen) atoms. The van der Waals surface area contributed by atoms with Crippen LogP contribution < -0.4 is 5.32 Å². The molecule has 0 saturated carbocycles. The van der Waals surface area contributed by atoms with Gasteiger partial charge in [0.25, 0.3) is 0 Å². The molecule has 2 aromatic rings. The minimum absolute atomic E-state index is 0.323. The highest BCUT2D eigenvalue weighted by molar-refractivity contribution is 5.42. The normalized spacial score (nSPS) is 18.8. The lowest BCUT2D eigenvalue weighted by molar-refractivity contribution is 0.583. The molecule has 88 valence electrons. The van der Waals surface area contributed by atoms with Crippen LogP contribution in [0.3, 0.4) is 0 Å². The molecular formula is C13H16N4. The summed E-state index contributed by atoms with van der Waals surface area (Å²) in [5.41, 5.74) is 3.64. The van der Waals surface area contributed by atoms with Crippen LogP contribution in [0.1, 0.15) is 30.1 Å². The molecule has 1 aliphatic rings. The fourth-order valence-electron chi connectivity index (χ4n) is 2.45. The second kappa shape index (κ2) is 4.20. The zero-order valence-corrected chi connectivity index (χ0v) is 9.93. The third-order valence-corrected chi connectivity index (χ3v) is 3.24. The van der Waals surface area contributed by atoms with Crippen molar-refractivity contribution in [1.82, 2.24) is 14.8 Å². The molecule has 4 heteroatoms. The van der Waals surface area contributed by atoms with Gasteiger partial charge in [-0.2, -0.15) is 5.10 Å². The van der Waals surface area contributed by atoms with E-state index in [1.807, 2.05) is 36.4 Å². The number of nitrogens with zero attached hydrogens (tertiary/aromatic N) is 3. The predicted molar refractivity (Wildman–Crippen MR) is 66.7 cm³/mol. The average molecular weight is 228 g/mol. The summed E-state index contributed by atoms with van der Waals surface area (Å²) in [6.07, 6.45) is 9.24. The average Bonchev–Trinajstić information content (AvgIpc) is 2.75. The number of hydrogen-bond donors (Lipinski definition) is 1. The van der Waals surface area contributed by atoms with Gasteiger partial charge >= 0.3 is 0 Å². The Bertz CT molecular complexity index is 518. The lowest BCUT2D eigenvalue weighted by atomic mass is 9.92. The highest BCUT2D eigenvalue weighted by Gasteiger charge is 2.21. The molecule has 0 fully saturated rings. The zero-order chi connectivity index (χ0) is 11.7. The van der Waals surface area contributed by atoms with Crippen LogP contribution in [0.25, 0.3) is 0 Å². The maximum atomic E-state index is 4.51. The third-order valence-electron chi connectivity index (χ3n) is 3.24. The number of anilines is 1. The molecule has 0 amide bonds. The van der Waals surface area contributed by atoms with Crippen molar-refractivity contribution in [2.24, 2.45) is 7.05 Å². The largest absolute Gasteiger partial charge is 0.374 e. The smallest absolute Gasteiger partial charge is 0.0731 e. The van der Waals surface area contributed by atoms with E-state index in [4.69, 9.17) is 0 Å². The number of nitrogens with one attached hydrogen (secondary N) is 1. The van der Waals surface area contributed by atoms with Gasteiger partial charge in [0.2, 0.25) is 0 Å². The molecule has 0 saturated heterocycles. The van der Waals surface area contributed by atoms with E-state index >= 15 is 0 Å². The van der Waals surface area contributed by atoms with Gasteiger partial charge < -0.3 is 5.32 Å². The van der Waals surface area contributed by atoms with Crippen molar-refractivity contribution >= 4 is 5.69 Å². The molecule has 2 heterocycles. The van der Waals surface area contributed by atoms with Crippen LogP contribution in [0.5, 0.6) is 0 Å². The standard InChI is InChI=1S/C13H16N4/c1-17-9-11(8-15-17)16-12-6-2-4-10-5-3-7-14-13(10)12/h3,5,7-9,12,16H,2,4,6H2,1H3. The van der Waals surface area contributed by atoms with Crippen LogP contribution in [-0.2, 0) is 13.5 Å². The third kappa shape index (κ3) is 2.02. The highest BCUT2D eigenvalue weighted by atomic mass is 15.3. The fourth-order valence-corrected chi connectivity index (χ4v) is 2.45. The second-order valence-corrected chi connectivity index (χ2v) is 4.54. The lowest BCUT2D eigenvalue weighted by Crippen LogP contribution is -2.18. The number of pyridine rings is 1. The molecule has 1 aliphatic carbocycles. The van der Waals surface area contributed by atoms with Gasteiger partial charge in [0, 0.05) is 19.4 Å². The molecule has 4 nitrogen and oxygen atoms in total. The number of hydrogen-bond acceptors (Lipinski definition) is 3. The van der Waals surface area contributed by atoms with Crippen molar-refractivity contribution in [1.29, 1.82) is 0 Å². The van der Waals surface area contributed by atoms with Crippen molar-refractivity contribution < 1.29 is 0 Å². The van der Waals surface area contributed by atoms with Crippen LogP contribution in [0, 0.1) is 0 Å². The summed E-state index contributed by atoms with van der Waals surface area (Å²) in [7, 11) is 1.93. The van der Waals surface area contributed by atoms with Gasteiger partial charge in [-0.25, -0.2) is 0 Å². The highest BCUT2D eigenvalue weighted by Crippen LogP contribution is 2.30. The summed E-state index contributed by atoms with van der Waals surface area (Å²) in [6.45, 7) is 0. The van der Waals surface area contributed by atoms with E-state index in [0.29, 0.717) is 6.04 Å². The Hall–Kier alpha value is -1.84. The van der Waals surface area contributed by atoms with E-state index in [1.165, 1.54) is 17.7 Å². The molecule has 0 spiro atoms. The molecule has 0 radical (unpaired) electrons. The first kappa shape index (κ1) is 10.3. The van der Waals surface area contributed by atoms with E-state index < -0.39 is 0 Å². The quantitative estimate of drug-likeness (QED) is 0.857. The Labute approximate surface area is 101 Å². The number of fused-ring (bicyclic) bond motifs is 1. The summed E-state index contributed by atoms with van der Waals surface area (Å²) in [5, 5.41) is 7.68. The van der Waals surface area contributed by atoms with Gasteiger partial charge in [-0.1, -0.05) is 6.07 Å². The predicted octanol–water partition coefficient (Wildman–Crippen LogP) is 2.30. The summed E-state index contributed by atoms with van der Waals surface area (Å²) >= 11 is 0. The Balaban J connectivity index is 1.85. The zero-order valence-electron chi connectivity index (χ0n) is 9.93. The van der Waals surface area contributed by atoms with Gasteiger partial charge in [-0.15, -0.1) is 0 Å². The first-order valence-electron chi connectivity index (χ1n) is 6.02. The van der Waals surface area contributed by atoms with Crippen molar-refractivity contribution in [2.75, 3.05) is 5.32 Å². The van der Waals surface area contributed by atoms with E-state index in [0.717, 1.165) is 18.5 Å². The van der Waals surface area contributed by atoms with Crippen LogP contribution in [0.4, 0.5) is 5.69 Å². The van der Waals surface area contributed by atoms with E-state index in [9.17, 15) is 0 Å². The molecule has 3 rings (SSSR count). The SMILES string of the molecule is Cn1cc(NC2CCCc3cccnc32)cn1. The van der Waals surface area contributed by atoms with Gasteiger partial charge in [0.15, 0.2) is 0 Å². The van der Waals surface area contributed by atoms with Crippen molar-refractivity contribution in [3.8, 4) is 0 Å². The molecule has 1 atom stereocenters. The Kier molecular flexibility index (Phi) is 2.55. The monoisotopic (exact) mass is 228 g/mol. The van der Waals surface area contributed by atoms with E-state index in [1.54, 1.807) is 0 Å². The maximum absolute atomic E-state index is 4.51. The summed E-state index contributed by atoms with van der Waals surface area (Å²) < 4.78 is 1.81. The second-order valence-electron chi connectivity index (χ2n) is 4.54. The van der Waals surface area contributed by atoms with Crippen molar-refractivity contribution in [3.63, 3.8) is 0 Å². The molecular weight excluding hydrogens is 212 g/mol. The lowest BCUT2D eigenvalue weighted by Gasteiger charge is -2.25. The first-order valence-corrected chi connectivity index (χ1v) is 6.02. The van der Waals surface area contributed by atoms with Crippen LogP contribution in [0.2, 0.25) is 0 Å². The van der Waals surface area contributed by atoms with E-state index in [-0.39, 0.29) is 0 Å². The van der Waals surface area contributed by atoms with Crippen molar-refractivity contribution in [3.05, 3.63) is 42.0 Å². The van der Waals surface area contributed by atoms with Gasteiger partial charge in [0.05, 0.1) is 23.6 Å². The molecule has 2 aromatic heterocycles. The fraction of sp³-hybridized carbons (Fsp3) is 0.385. The van der Waals surface area contributed by atoms with Crippen LogP contribution in [0.15, 0.2) is 30.7 Å². The first-order chi connectivity index (χ1) is 8.33. The van der Waals surface area contributed by atoms with Gasteiger partial charge in [0.1, 0.15) is 0 Å². The molecule has 1 unspecified atom stereocenters. The summed E-state index contributed by atoms with van der Waals surface area (Å²) in [5.74, 6) is 0. The minimum atomic E-state index is 0.323. The summed E-state index contributed by atoms with van der Waals surface area (Å²) in [6, 6.07) is 4.52. The Morgan fingerprint density at radius 2 is 2.41 bits per heavy atom. The van der Waals surface area contributed by atoms with Crippen molar-refractivity contribution in [2.45, 2.75) is 25.3 Å². The Morgan fingerprint density at radius 1 is 1.47 bits per heavy atom. The van der Waals surface area contributed by atoms with Gasteiger partial charge in [-0.05, 0) is 30.9 Å². The number of aryl methyl sites for hydroxylation is 2. The minimum Gasteiger partial charge on any atom is -0.374 e. The van der Waals surface area contributed by atoms with E-state index in [2.05, 4.69) is 21.5 Å². The topological polar surface area (TPSA) is 42.7 Å². The van der Waals surface area contributed by atoms with Crippen LogP contribution in [-0.4, -0.2) is 14.8 Å². The van der Waals surface area contributed by atoms with Crippen LogP contribution >= 0.6 is 0 Å². The number of rotatable bonds is 2. The molecule has 1 N–H and O–H groups in total. The maximum Gasteiger partial charge on any atom is 0.0731 e. The molecule has 0 aromatic carbocycles. The number of aromatic nitrogens is 3. The van der Waals surface area contributed by atoms with Gasteiger partial charge in [-0.3, -0.25) is 9.67 Å². The summed E-state index contributed by atoms with van der Waals surface area (Å²) in [4.78, 5) is 4.51. The Morgan fingerprint density at radius 3 is 3.24 bits per heavy atom. The molecule has 0 bridgehead atoms.